The molecule has 0 fully saturated rings. The number of hydrogen-bond acceptors (Lipinski definition) is 4. The number of benzene rings is 2. The number of imidazole rings is 2. The summed E-state index contributed by atoms with van der Waals surface area (Å²) >= 11 is 0. The maximum absolute atomic E-state index is 12.8. The van der Waals surface area contributed by atoms with Crippen LogP contribution >= 0.6 is 0 Å². The van der Waals surface area contributed by atoms with E-state index in [1.165, 1.54) is 35.3 Å². The summed E-state index contributed by atoms with van der Waals surface area (Å²) in [5.74, 6) is 1.09. The molecular formula is C23H20F6N6O2. The maximum atomic E-state index is 12.8. The van der Waals surface area contributed by atoms with Gasteiger partial charge in [-0.15, -0.1) is 0 Å². The van der Waals surface area contributed by atoms with Gasteiger partial charge >= 0.3 is 18.4 Å². The third-order valence-electron chi connectivity index (χ3n) is 4.97. The Balaban J connectivity index is 0.000000208. The zero-order valence-corrected chi connectivity index (χ0v) is 19.3. The van der Waals surface area contributed by atoms with Crippen LogP contribution in [-0.4, -0.2) is 30.3 Å². The predicted molar refractivity (Wildman–Crippen MR) is 123 cm³/mol. The van der Waals surface area contributed by atoms with Crippen molar-refractivity contribution < 1.29 is 36.2 Å². The molecule has 196 valence electrons. The number of aryl methyl sites for hydroxylation is 2. The zero-order valence-electron chi connectivity index (χ0n) is 19.3. The molecule has 0 unspecified atom stereocenters. The Bertz CT molecular complexity index is 1410. The molecule has 4 aromatic rings. The van der Waals surface area contributed by atoms with E-state index >= 15 is 0 Å². The number of alkyl halides is 6. The highest BCUT2D eigenvalue weighted by atomic mass is 19.4. The summed E-state index contributed by atoms with van der Waals surface area (Å²) in [6, 6.07) is 6.41. The van der Waals surface area contributed by atoms with Crippen LogP contribution in [0.15, 0.2) is 61.2 Å². The third-order valence-corrected chi connectivity index (χ3v) is 4.97. The molecule has 2 aromatic heterocycles. The molecule has 4 rings (SSSR count). The Morgan fingerprint density at radius 2 is 1.27 bits per heavy atom. The minimum absolute atomic E-state index is 0.0722. The molecule has 0 aliphatic heterocycles. The summed E-state index contributed by atoms with van der Waals surface area (Å²) in [5, 5.41) is 10.5. The smallest absolute Gasteiger partial charge is 0.416 e. The van der Waals surface area contributed by atoms with E-state index in [4.69, 9.17) is 10.8 Å². The average Bonchev–Trinajstić information content (AvgIpc) is 3.40. The zero-order chi connectivity index (χ0) is 27.5. The van der Waals surface area contributed by atoms with Crippen LogP contribution in [0.1, 0.15) is 22.8 Å². The summed E-state index contributed by atoms with van der Waals surface area (Å²) < 4.78 is 79.3. The van der Waals surface area contributed by atoms with Crippen molar-refractivity contribution in [1.29, 1.82) is 0 Å². The van der Waals surface area contributed by atoms with Gasteiger partial charge in [-0.25, -0.2) is 14.8 Å². The number of rotatable bonds is 3. The van der Waals surface area contributed by atoms with Gasteiger partial charge in [0.15, 0.2) is 0 Å². The molecule has 37 heavy (non-hydrogen) atoms. The van der Waals surface area contributed by atoms with Crippen LogP contribution in [0, 0.1) is 13.8 Å². The molecule has 0 aliphatic rings. The fraction of sp³-hybridized carbons (Fsp3) is 0.174. The largest absolute Gasteiger partial charge is 0.465 e. The molecule has 0 bridgehead atoms. The second-order valence-corrected chi connectivity index (χ2v) is 7.70. The van der Waals surface area contributed by atoms with Crippen LogP contribution in [0.3, 0.4) is 0 Å². The van der Waals surface area contributed by atoms with Gasteiger partial charge in [-0.05, 0) is 50.2 Å². The summed E-state index contributed by atoms with van der Waals surface area (Å²) in [6.07, 6.45) is -4.36. The van der Waals surface area contributed by atoms with Gasteiger partial charge in [0.2, 0.25) is 0 Å². The highest BCUT2D eigenvalue weighted by Crippen LogP contribution is 2.34. The van der Waals surface area contributed by atoms with E-state index in [0.29, 0.717) is 17.3 Å². The van der Waals surface area contributed by atoms with Gasteiger partial charge in [-0.1, -0.05) is 0 Å². The molecular weight excluding hydrogens is 506 g/mol. The van der Waals surface area contributed by atoms with Gasteiger partial charge in [0.1, 0.15) is 11.6 Å². The van der Waals surface area contributed by atoms with Crippen molar-refractivity contribution in [2.24, 2.45) is 0 Å². The highest BCUT2D eigenvalue weighted by Gasteiger charge is 2.32. The first-order chi connectivity index (χ1) is 17.1. The van der Waals surface area contributed by atoms with E-state index in [1.807, 2.05) is 5.32 Å². The number of nitrogens with two attached hydrogens (primary N) is 1. The summed E-state index contributed by atoms with van der Waals surface area (Å²) in [7, 11) is 0. The lowest BCUT2D eigenvalue weighted by atomic mass is 10.1. The molecule has 0 radical (unpaired) electrons. The summed E-state index contributed by atoms with van der Waals surface area (Å²) in [4.78, 5) is 18.5. The van der Waals surface area contributed by atoms with E-state index < -0.39 is 29.6 Å². The molecule has 8 nitrogen and oxygen atoms in total. The first-order valence-corrected chi connectivity index (χ1v) is 10.4. The number of amides is 1. The molecule has 1 amide bonds. The van der Waals surface area contributed by atoms with Crippen molar-refractivity contribution in [3.05, 3.63) is 84.0 Å². The average molecular weight is 526 g/mol. The maximum Gasteiger partial charge on any atom is 0.416 e. The molecule has 0 saturated heterocycles. The van der Waals surface area contributed by atoms with Crippen LogP contribution < -0.4 is 11.1 Å². The number of nitrogens with zero attached hydrogens (tertiary/aromatic N) is 4. The Kier molecular flexibility index (Phi) is 7.50. The van der Waals surface area contributed by atoms with Crippen LogP contribution in [0.4, 0.5) is 42.5 Å². The van der Waals surface area contributed by atoms with E-state index in [0.717, 1.165) is 24.3 Å². The molecule has 4 N–H and O–H groups in total. The van der Waals surface area contributed by atoms with Crippen LogP contribution in [0.2, 0.25) is 0 Å². The number of nitrogen functional groups attached to an aromatic ring is 1. The van der Waals surface area contributed by atoms with Gasteiger partial charge in [0, 0.05) is 47.5 Å². The van der Waals surface area contributed by atoms with E-state index in [2.05, 4.69) is 9.97 Å². The monoisotopic (exact) mass is 526 g/mol. The number of carbonyl (C=O) groups is 1. The van der Waals surface area contributed by atoms with Gasteiger partial charge in [0.05, 0.1) is 11.1 Å². The standard InChI is InChI=1S/C12H10F3N3O2.C11H10F3N3/c1-7-16-2-3-18(7)10-5-8(12(13,14)15)4-9(6-10)17-11(19)20;1-7-16-2-3-17(7)10-5-8(11(12,13)14)4-9(15)6-10/h2-6,17H,1H3,(H,19,20);2-6H,15H2,1H3. The molecule has 14 heteroatoms. The Morgan fingerprint density at radius 3 is 1.68 bits per heavy atom. The fourth-order valence-electron chi connectivity index (χ4n) is 3.35. The van der Waals surface area contributed by atoms with Gasteiger partial charge < -0.3 is 20.0 Å². The summed E-state index contributed by atoms with van der Waals surface area (Å²) in [6.45, 7) is 3.33. The minimum Gasteiger partial charge on any atom is -0.465 e. The van der Waals surface area contributed by atoms with E-state index in [9.17, 15) is 31.1 Å². The molecule has 2 heterocycles. The number of nitrogens with one attached hydrogen (secondary N) is 1. The minimum atomic E-state index is -4.57. The van der Waals surface area contributed by atoms with Gasteiger partial charge in [0.25, 0.3) is 0 Å². The Morgan fingerprint density at radius 1 is 0.811 bits per heavy atom. The predicted octanol–water partition coefficient (Wildman–Crippen LogP) is 6.07. The van der Waals surface area contributed by atoms with E-state index in [1.54, 1.807) is 24.6 Å². The number of halogens is 6. The van der Waals surface area contributed by atoms with Crippen molar-refractivity contribution in [3.8, 4) is 11.4 Å². The van der Waals surface area contributed by atoms with Gasteiger partial charge in [-0.2, -0.15) is 26.3 Å². The van der Waals surface area contributed by atoms with Crippen molar-refractivity contribution >= 4 is 17.5 Å². The molecule has 0 spiro atoms. The lowest BCUT2D eigenvalue weighted by molar-refractivity contribution is -0.138. The number of anilines is 2. The van der Waals surface area contributed by atoms with Crippen molar-refractivity contribution in [2.45, 2.75) is 26.2 Å². The second-order valence-electron chi connectivity index (χ2n) is 7.70. The third kappa shape index (κ3) is 6.80. The number of aromatic nitrogens is 4. The molecule has 2 aromatic carbocycles. The topological polar surface area (TPSA) is 111 Å². The molecule has 0 aliphatic carbocycles. The first kappa shape index (κ1) is 27.1. The second kappa shape index (κ2) is 10.2. The molecule has 0 saturated carbocycles. The summed E-state index contributed by atoms with van der Waals surface area (Å²) in [5.41, 5.74) is 4.23. The van der Waals surface area contributed by atoms with Crippen LogP contribution in [0.5, 0.6) is 0 Å². The first-order valence-electron chi connectivity index (χ1n) is 10.4. The van der Waals surface area contributed by atoms with Crippen LogP contribution in [-0.2, 0) is 12.4 Å². The highest BCUT2D eigenvalue weighted by molar-refractivity contribution is 5.83. The van der Waals surface area contributed by atoms with E-state index in [-0.39, 0.29) is 17.1 Å². The van der Waals surface area contributed by atoms with Crippen molar-refractivity contribution in [3.63, 3.8) is 0 Å². The van der Waals surface area contributed by atoms with Crippen molar-refractivity contribution in [2.75, 3.05) is 11.1 Å². The number of hydrogen-bond donors (Lipinski definition) is 3. The fourth-order valence-corrected chi connectivity index (χ4v) is 3.35. The molecule has 0 atom stereocenters. The Hall–Kier alpha value is -4.49. The number of carboxylic acid groups (broad SMARTS) is 1. The van der Waals surface area contributed by atoms with Crippen molar-refractivity contribution in [1.82, 2.24) is 19.1 Å². The SMILES string of the molecule is Cc1nccn1-c1cc(N)cc(C(F)(F)F)c1.Cc1nccn1-c1cc(NC(=O)O)cc(C(F)(F)F)c1. The normalized spacial score (nSPS) is 11.6. The van der Waals surface area contributed by atoms with Crippen LogP contribution in [0.25, 0.3) is 11.4 Å². The lowest BCUT2D eigenvalue weighted by Gasteiger charge is -2.13. The van der Waals surface area contributed by atoms with Gasteiger partial charge in [-0.3, -0.25) is 5.32 Å². The Labute approximate surface area is 206 Å². The lowest BCUT2D eigenvalue weighted by Crippen LogP contribution is -2.11. The quantitative estimate of drug-likeness (QED) is 0.222.